The van der Waals surface area contributed by atoms with Gasteiger partial charge in [0.1, 0.15) is 0 Å². The van der Waals surface area contributed by atoms with Gasteiger partial charge in [0.25, 0.3) is 0 Å². The Labute approximate surface area is 127 Å². The van der Waals surface area contributed by atoms with E-state index in [2.05, 4.69) is 23.2 Å². The van der Waals surface area contributed by atoms with E-state index in [1.165, 1.54) is 12.8 Å². The Bertz CT molecular complexity index is 456. The summed E-state index contributed by atoms with van der Waals surface area (Å²) in [5.41, 5.74) is 2.08. The van der Waals surface area contributed by atoms with Crippen molar-refractivity contribution < 1.29 is 9.90 Å². The average molecular weight is 290 g/mol. The number of carbonyl (C=O) groups is 1. The third-order valence-electron chi connectivity index (χ3n) is 4.03. The summed E-state index contributed by atoms with van der Waals surface area (Å²) in [6, 6.07) is 8.50. The Kier molecular flexibility index (Phi) is 6.21. The van der Waals surface area contributed by atoms with Crippen molar-refractivity contribution in [3.05, 3.63) is 35.4 Å². The fourth-order valence-electron chi connectivity index (χ4n) is 3.06. The molecule has 1 fully saturated rings. The lowest BCUT2D eigenvalue weighted by molar-refractivity contribution is -0.136. The molecule has 2 N–H and O–H groups in total. The van der Waals surface area contributed by atoms with Crippen LogP contribution in [-0.4, -0.2) is 41.7 Å². The largest absolute Gasteiger partial charge is 0.481 e. The summed E-state index contributed by atoms with van der Waals surface area (Å²) in [4.78, 5) is 13.4. The van der Waals surface area contributed by atoms with Crippen LogP contribution in [0.3, 0.4) is 0 Å². The van der Waals surface area contributed by atoms with Crippen LogP contribution in [0.15, 0.2) is 24.3 Å². The second-order valence-electron chi connectivity index (χ2n) is 5.87. The predicted octanol–water partition coefficient (Wildman–Crippen LogP) is 2.28. The monoisotopic (exact) mass is 290 g/mol. The van der Waals surface area contributed by atoms with E-state index in [1.54, 1.807) is 0 Å². The van der Waals surface area contributed by atoms with Gasteiger partial charge in [-0.2, -0.15) is 0 Å². The fraction of sp³-hybridized carbons (Fsp3) is 0.588. The first-order valence-corrected chi connectivity index (χ1v) is 7.93. The molecule has 1 saturated heterocycles. The lowest BCUT2D eigenvalue weighted by atomic mass is 10.0. The van der Waals surface area contributed by atoms with Crippen molar-refractivity contribution in [2.75, 3.05) is 19.6 Å². The highest BCUT2D eigenvalue weighted by Crippen LogP contribution is 2.15. The van der Waals surface area contributed by atoms with E-state index in [1.807, 2.05) is 18.2 Å². The summed E-state index contributed by atoms with van der Waals surface area (Å²) in [6.45, 7) is 6.27. The summed E-state index contributed by atoms with van der Waals surface area (Å²) in [5, 5.41) is 12.6. The number of rotatable bonds is 8. The van der Waals surface area contributed by atoms with E-state index < -0.39 is 5.97 Å². The molecule has 0 bridgehead atoms. The lowest BCUT2D eigenvalue weighted by Crippen LogP contribution is -2.37. The number of benzene rings is 1. The number of hydrogen-bond acceptors (Lipinski definition) is 3. The van der Waals surface area contributed by atoms with E-state index in [0.29, 0.717) is 6.04 Å². The minimum Gasteiger partial charge on any atom is -0.481 e. The molecule has 116 valence electrons. The molecule has 1 aromatic rings. The maximum Gasteiger partial charge on any atom is 0.307 e. The number of aliphatic carboxylic acids is 1. The highest BCUT2D eigenvalue weighted by atomic mass is 16.4. The zero-order chi connectivity index (χ0) is 15.1. The van der Waals surface area contributed by atoms with Crippen molar-refractivity contribution in [2.45, 2.75) is 45.2 Å². The molecule has 0 radical (unpaired) electrons. The summed E-state index contributed by atoms with van der Waals surface area (Å²) in [5.74, 6) is -0.762. The molecule has 0 spiro atoms. The minimum atomic E-state index is -0.762. The van der Waals surface area contributed by atoms with E-state index in [9.17, 15) is 4.79 Å². The van der Waals surface area contributed by atoms with Gasteiger partial charge >= 0.3 is 5.97 Å². The molecule has 0 amide bonds. The van der Waals surface area contributed by atoms with E-state index >= 15 is 0 Å². The zero-order valence-corrected chi connectivity index (χ0v) is 12.8. The maximum atomic E-state index is 11.0. The van der Waals surface area contributed by atoms with Crippen LogP contribution in [0.1, 0.15) is 37.3 Å². The number of carboxylic acid groups (broad SMARTS) is 1. The molecule has 21 heavy (non-hydrogen) atoms. The Morgan fingerprint density at radius 3 is 2.76 bits per heavy atom. The van der Waals surface area contributed by atoms with Crippen LogP contribution in [0.5, 0.6) is 0 Å². The molecule has 0 aromatic heterocycles. The number of carboxylic acids is 1. The highest BCUT2D eigenvalue weighted by molar-refractivity contribution is 5.70. The summed E-state index contributed by atoms with van der Waals surface area (Å²) >= 11 is 0. The third-order valence-corrected chi connectivity index (χ3v) is 4.03. The van der Waals surface area contributed by atoms with Crippen LogP contribution in [0.4, 0.5) is 0 Å². The van der Waals surface area contributed by atoms with Crippen molar-refractivity contribution in [3.8, 4) is 0 Å². The van der Waals surface area contributed by atoms with Gasteiger partial charge in [0.15, 0.2) is 0 Å². The molecule has 1 atom stereocenters. The smallest absolute Gasteiger partial charge is 0.307 e. The SMILES string of the molecule is CCCN(Cc1ccccc1CC(=O)O)CC1CCCN1. The molecule has 1 unspecified atom stereocenters. The standard InChI is InChI=1S/C17H26N2O2/c1-2-10-19(13-16-8-5-9-18-16)12-15-7-4-3-6-14(15)11-17(20)21/h3-4,6-7,16,18H,2,5,8-13H2,1H3,(H,20,21). The molecule has 1 heterocycles. The summed E-state index contributed by atoms with van der Waals surface area (Å²) < 4.78 is 0. The van der Waals surface area contributed by atoms with Gasteiger partial charge in [-0.05, 0) is 43.5 Å². The Morgan fingerprint density at radius 2 is 2.14 bits per heavy atom. The van der Waals surface area contributed by atoms with Gasteiger partial charge in [-0.25, -0.2) is 0 Å². The molecule has 0 aliphatic carbocycles. The van der Waals surface area contributed by atoms with Crippen LogP contribution >= 0.6 is 0 Å². The second-order valence-corrected chi connectivity index (χ2v) is 5.87. The van der Waals surface area contributed by atoms with Crippen molar-refractivity contribution >= 4 is 5.97 Å². The van der Waals surface area contributed by atoms with Crippen LogP contribution < -0.4 is 5.32 Å². The van der Waals surface area contributed by atoms with Gasteiger partial charge in [-0.15, -0.1) is 0 Å². The first-order valence-electron chi connectivity index (χ1n) is 7.93. The first kappa shape index (κ1) is 16.0. The zero-order valence-electron chi connectivity index (χ0n) is 12.8. The van der Waals surface area contributed by atoms with Crippen LogP contribution in [0, 0.1) is 0 Å². The Morgan fingerprint density at radius 1 is 1.38 bits per heavy atom. The van der Waals surface area contributed by atoms with Gasteiger partial charge in [0.05, 0.1) is 6.42 Å². The second kappa shape index (κ2) is 8.15. The Balaban J connectivity index is 2.03. The Hall–Kier alpha value is -1.39. The molecule has 1 aromatic carbocycles. The normalized spacial score (nSPS) is 18.3. The van der Waals surface area contributed by atoms with E-state index in [0.717, 1.165) is 43.7 Å². The lowest BCUT2D eigenvalue weighted by Gasteiger charge is -2.26. The summed E-state index contributed by atoms with van der Waals surface area (Å²) in [7, 11) is 0. The summed E-state index contributed by atoms with van der Waals surface area (Å²) in [6.07, 6.45) is 3.74. The van der Waals surface area contributed by atoms with Crippen LogP contribution in [0.25, 0.3) is 0 Å². The number of nitrogens with one attached hydrogen (secondary N) is 1. The predicted molar refractivity (Wildman–Crippen MR) is 84.4 cm³/mol. The van der Waals surface area contributed by atoms with Crippen molar-refractivity contribution in [1.82, 2.24) is 10.2 Å². The molecule has 0 saturated carbocycles. The fourth-order valence-corrected chi connectivity index (χ4v) is 3.06. The molecule has 2 rings (SSSR count). The van der Waals surface area contributed by atoms with Crippen molar-refractivity contribution in [3.63, 3.8) is 0 Å². The van der Waals surface area contributed by atoms with Gasteiger partial charge in [0, 0.05) is 19.1 Å². The number of nitrogens with zero attached hydrogens (tertiary/aromatic N) is 1. The quantitative estimate of drug-likeness (QED) is 0.771. The molecular formula is C17H26N2O2. The van der Waals surface area contributed by atoms with Gasteiger partial charge < -0.3 is 10.4 Å². The highest BCUT2D eigenvalue weighted by Gasteiger charge is 2.18. The van der Waals surface area contributed by atoms with Crippen LogP contribution in [0.2, 0.25) is 0 Å². The van der Waals surface area contributed by atoms with Crippen molar-refractivity contribution in [2.24, 2.45) is 0 Å². The molecule has 1 aliphatic heterocycles. The molecule has 4 heteroatoms. The van der Waals surface area contributed by atoms with Crippen molar-refractivity contribution in [1.29, 1.82) is 0 Å². The van der Waals surface area contributed by atoms with Gasteiger partial charge in [-0.1, -0.05) is 31.2 Å². The van der Waals surface area contributed by atoms with E-state index in [4.69, 9.17) is 5.11 Å². The van der Waals surface area contributed by atoms with Gasteiger partial charge in [0.2, 0.25) is 0 Å². The van der Waals surface area contributed by atoms with Gasteiger partial charge in [-0.3, -0.25) is 9.69 Å². The third kappa shape index (κ3) is 5.14. The number of hydrogen-bond donors (Lipinski definition) is 2. The van der Waals surface area contributed by atoms with Crippen LogP contribution in [-0.2, 0) is 17.8 Å². The van der Waals surface area contributed by atoms with E-state index in [-0.39, 0.29) is 6.42 Å². The molecule has 4 nitrogen and oxygen atoms in total. The topological polar surface area (TPSA) is 52.6 Å². The molecular weight excluding hydrogens is 264 g/mol. The first-order chi connectivity index (χ1) is 10.2. The average Bonchev–Trinajstić information content (AvgIpc) is 2.93. The molecule has 1 aliphatic rings. The minimum absolute atomic E-state index is 0.109. The maximum absolute atomic E-state index is 11.0.